The largest absolute Gasteiger partial charge is 0.465 e. The van der Waals surface area contributed by atoms with Gasteiger partial charge in [-0.1, -0.05) is 30.3 Å². The fourth-order valence-electron chi connectivity index (χ4n) is 4.15. The molecule has 4 rings (SSSR count). The monoisotopic (exact) mass is 497 g/mol. The number of hydrogen-bond acceptors (Lipinski definition) is 4. The van der Waals surface area contributed by atoms with Crippen LogP contribution in [-0.4, -0.2) is 44.6 Å². The minimum absolute atomic E-state index is 0.00383. The molecule has 1 atom stereocenters. The predicted molar refractivity (Wildman–Crippen MR) is 126 cm³/mol. The van der Waals surface area contributed by atoms with E-state index in [9.17, 15) is 14.7 Å². The van der Waals surface area contributed by atoms with Gasteiger partial charge in [0.1, 0.15) is 0 Å². The maximum absolute atomic E-state index is 12.7. The number of aromatic amines is 1. The van der Waals surface area contributed by atoms with Crippen LogP contribution in [-0.2, 0) is 24.3 Å². The highest BCUT2D eigenvalue weighted by molar-refractivity contribution is 9.10. The van der Waals surface area contributed by atoms with Gasteiger partial charge in [0.05, 0.1) is 30.3 Å². The van der Waals surface area contributed by atoms with Gasteiger partial charge in [-0.3, -0.25) is 10.1 Å². The quantitative estimate of drug-likeness (QED) is 0.489. The van der Waals surface area contributed by atoms with Crippen LogP contribution in [0.1, 0.15) is 23.7 Å². The van der Waals surface area contributed by atoms with Crippen molar-refractivity contribution in [2.45, 2.75) is 32.5 Å². The van der Waals surface area contributed by atoms with Crippen LogP contribution in [0.25, 0.3) is 0 Å². The van der Waals surface area contributed by atoms with Gasteiger partial charge in [0.25, 0.3) is 0 Å². The lowest BCUT2D eigenvalue weighted by molar-refractivity contribution is -0.131. The molecule has 2 amide bonds. The summed E-state index contributed by atoms with van der Waals surface area (Å²) in [6.07, 6.45) is 2.99. The van der Waals surface area contributed by atoms with Crippen molar-refractivity contribution in [3.8, 4) is 0 Å². The molecule has 8 nitrogen and oxygen atoms in total. The summed E-state index contributed by atoms with van der Waals surface area (Å²) in [7, 11) is 0. The Labute approximate surface area is 194 Å². The van der Waals surface area contributed by atoms with Crippen molar-refractivity contribution in [3.63, 3.8) is 0 Å². The molecule has 0 bridgehead atoms. The van der Waals surface area contributed by atoms with E-state index in [0.717, 1.165) is 28.9 Å². The Balaban J connectivity index is 1.76. The molecule has 32 heavy (non-hydrogen) atoms. The van der Waals surface area contributed by atoms with Crippen LogP contribution in [0, 0.1) is 0 Å². The SMILES string of the molecule is CC(=O)N1Cc2cc(Br)c(NC(=O)O)cc2N(Cc2cnc[nH]2)CC1Cc1ccccc1. The Morgan fingerprint density at radius 3 is 2.72 bits per heavy atom. The van der Waals surface area contributed by atoms with Crippen molar-refractivity contribution in [1.29, 1.82) is 0 Å². The Bertz CT molecular complexity index is 1100. The third-order valence-corrected chi connectivity index (χ3v) is 6.25. The van der Waals surface area contributed by atoms with E-state index in [1.807, 2.05) is 35.2 Å². The minimum Gasteiger partial charge on any atom is -0.465 e. The van der Waals surface area contributed by atoms with Gasteiger partial charge in [0.2, 0.25) is 5.91 Å². The average Bonchev–Trinajstić information content (AvgIpc) is 3.21. The summed E-state index contributed by atoms with van der Waals surface area (Å²) < 4.78 is 0.630. The number of hydrogen-bond donors (Lipinski definition) is 3. The summed E-state index contributed by atoms with van der Waals surface area (Å²) >= 11 is 3.47. The molecule has 0 saturated carbocycles. The van der Waals surface area contributed by atoms with E-state index in [1.54, 1.807) is 19.4 Å². The highest BCUT2D eigenvalue weighted by Gasteiger charge is 2.30. The van der Waals surface area contributed by atoms with Crippen LogP contribution >= 0.6 is 15.9 Å². The summed E-state index contributed by atoms with van der Waals surface area (Å²) in [5.74, 6) is 0.00383. The van der Waals surface area contributed by atoms with Crippen molar-refractivity contribution >= 4 is 39.3 Å². The first-order valence-electron chi connectivity index (χ1n) is 10.3. The normalized spacial score (nSPS) is 15.8. The molecule has 0 aliphatic carbocycles. The molecule has 2 heterocycles. The smallest absolute Gasteiger partial charge is 0.409 e. The summed E-state index contributed by atoms with van der Waals surface area (Å²) in [5.41, 5.74) is 4.38. The fourth-order valence-corrected chi connectivity index (χ4v) is 4.64. The molecule has 1 unspecified atom stereocenters. The summed E-state index contributed by atoms with van der Waals surface area (Å²) in [5, 5.41) is 11.7. The molecule has 1 aliphatic rings. The number of imidazole rings is 1. The molecule has 3 N–H and O–H groups in total. The van der Waals surface area contributed by atoms with E-state index in [2.05, 4.69) is 48.2 Å². The van der Waals surface area contributed by atoms with Crippen LogP contribution in [0.4, 0.5) is 16.2 Å². The third-order valence-electron chi connectivity index (χ3n) is 5.60. The number of carbonyl (C=O) groups is 2. The second kappa shape index (κ2) is 9.44. The Hall–Kier alpha value is -3.33. The molecular weight excluding hydrogens is 474 g/mol. The second-order valence-corrected chi connectivity index (χ2v) is 8.69. The number of H-pyrrole nitrogens is 1. The van der Waals surface area contributed by atoms with Crippen LogP contribution in [0.2, 0.25) is 0 Å². The topological polar surface area (TPSA) is 102 Å². The van der Waals surface area contributed by atoms with E-state index < -0.39 is 6.09 Å². The molecule has 1 aliphatic heterocycles. The number of nitrogens with one attached hydrogen (secondary N) is 2. The Kier molecular flexibility index (Phi) is 6.45. The minimum atomic E-state index is -1.13. The van der Waals surface area contributed by atoms with Crippen LogP contribution in [0.3, 0.4) is 0 Å². The number of benzene rings is 2. The second-order valence-electron chi connectivity index (χ2n) is 7.84. The molecular formula is C23H24BrN5O3. The summed E-state index contributed by atoms with van der Waals surface area (Å²) in [6.45, 7) is 3.18. The number of aromatic nitrogens is 2. The summed E-state index contributed by atoms with van der Waals surface area (Å²) in [6, 6.07) is 13.8. The lowest BCUT2D eigenvalue weighted by Gasteiger charge is -2.32. The Morgan fingerprint density at radius 2 is 2.06 bits per heavy atom. The van der Waals surface area contributed by atoms with Gasteiger partial charge in [0.15, 0.2) is 0 Å². The number of nitrogens with zero attached hydrogens (tertiary/aromatic N) is 3. The average molecular weight is 498 g/mol. The number of amides is 2. The number of halogens is 1. The first-order valence-corrected chi connectivity index (χ1v) is 11.1. The highest BCUT2D eigenvalue weighted by Crippen LogP contribution is 2.36. The van der Waals surface area contributed by atoms with E-state index in [-0.39, 0.29) is 11.9 Å². The van der Waals surface area contributed by atoms with Crippen LogP contribution in [0.5, 0.6) is 0 Å². The fraction of sp³-hybridized carbons (Fsp3) is 0.261. The molecule has 166 valence electrons. The van der Waals surface area contributed by atoms with Crippen molar-refractivity contribution in [3.05, 3.63) is 76.3 Å². The van der Waals surface area contributed by atoms with Gasteiger partial charge in [-0.15, -0.1) is 0 Å². The van der Waals surface area contributed by atoms with Crippen molar-refractivity contribution in [1.82, 2.24) is 14.9 Å². The standard InChI is InChI=1S/C23H24BrN5O3/c1-15(30)29-11-17-8-20(24)21(27-23(31)32)9-22(17)28(12-18-10-25-14-26-18)13-19(29)7-16-5-3-2-4-6-16/h2-6,8-10,14,19,27H,7,11-13H2,1H3,(H,25,26)(H,31,32). The zero-order chi connectivity index (χ0) is 22.7. The zero-order valence-corrected chi connectivity index (χ0v) is 19.2. The molecule has 3 aromatic rings. The maximum Gasteiger partial charge on any atom is 0.409 e. The van der Waals surface area contributed by atoms with Crippen molar-refractivity contribution < 1.29 is 14.7 Å². The van der Waals surface area contributed by atoms with Gasteiger partial charge >= 0.3 is 6.09 Å². The highest BCUT2D eigenvalue weighted by atomic mass is 79.9. The molecule has 0 fully saturated rings. The van der Waals surface area contributed by atoms with E-state index in [0.29, 0.717) is 29.8 Å². The van der Waals surface area contributed by atoms with E-state index in [4.69, 9.17) is 0 Å². The van der Waals surface area contributed by atoms with E-state index in [1.165, 1.54) is 0 Å². The number of fused-ring (bicyclic) bond motifs is 1. The molecule has 1 aromatic heterocycles. The van der Waals surface area contributed by atoms with Crippen LogP contribution in [0.15, 0.2) is 59.5 Å². The lowest BCUT2D eigenvalue weighted by Crippen LogP contribution is -2.44. The number of anilines is 2. The van der Waals surface area contributed by atoms with Crippen LogP contribution < -0.4 is 10.2 Å². The first-order chi connectivity index (χ1) is 15.4. The number of rotatable bonds is 5. The molecule has 2 aromatic carbocycles. The first kappa shape index (κ1) is 21.9. The molecule has 0 radical (unpaired) electrons. The van der Waals surface area contributed by atoms with E-state index >= 15 is 0 Å². The van der Waals surface area contributed by atoms with Crippen molar-refractivity contribution in [2.75, 3.05) is 16.8 Å². The van der Waals surface area contributed by atoms with Gasteiger partial charge in [-0.05, 0) is 45.6 Å². The number of carboxylic acid groups (broad SMARTS) is 1. The van der Waals surface area contributed by atoms with Crippen molar-refractivity contribution in [2.24, 2.45) is 0 Å². The lowest BCUT2D eigenvalue weighted by atomic mass is 10.0. The van der Waals surface area contributed by atoms with Gasteiger partial charge in [0, 0.05) is 36.4 Å². The predicted octanol–water partition coefficient (Wildman–Crippen LogP) is 4.24. The molecule has 9 heteroatoms. The third kappa shape index (κ3) is 4.94. The number of carbonyl (C=O) groups excluding carboxylic acids is 1. The molecule has 0 saturated heterocycles. The zero-order valence-electron chi connectivity index (χ0n) is 17.6. The summed E-state index contributed by atoms with van der Waals surface area (Å²) in [4.78, 5) is 35.3. The van der Waals surface area contributed by atoms with Gasteiger partial charge in [-0.2, -0.15) is 0 Å². The maximum atomic E-state index is 12.7. The molecule has 0 spiro atoms. The van der Waals surface area contributed by atoms with Gasteiger partial charge < -0.3 is 19.9 Å². The Morgan fingerprint density at radius 1 is 1.28 bits per heavy atom. The van der Waals surface area contributed by atoms with Gasteiger partial charge in [-0.25, -0.2) is 9.78 Å².